The highest BCUT2D eigenvalue weighted by Crippen LogP contribution is 2.26. The van der Waals surface area contributed by atoms with Gasteiger partial charge in [0.25, 0.3) is 0 Å². The first-order chi connectivity index (χ1) is 9.26. The zero-order chi connectivity index (χ0) is 13.2. The van der Waals surface area contributed by atoms with Crippen molar-refractivity contribution in [2.45, 2.75) is 38.6 Å². The third kappa shape index (κ3) is 2.50. The van der Waals surface area contributed by atoms with Crippen molar-refractivity contribution in [1.29, 1.82) is 0 Å². The van der Waals surface area contributed by atoms with Gasteiger partial charge in [-0.05, 0) is 30.5 Å². The lowest BCUT2D eigenvalue weighted by atomic mass is 10.0. The highest BCUT2D eigenvalue weighted by atomic mass is 16.5. The van der Waals surface area contributed by atoms with Gasteiger partial charge < -0.3 is 9.30 Å². The van der Waals surface area contributed by atoms with Crippen LogP contribution in [0, 0.1) is 0 Å². The number of imidazole rings is 1. The van der Waals surface area contributed by atoms with Gasteiger partial charge in [0.15, 0.2) is 0 Å². The number of rotatable bonds is 3. The molecule has 19 heavy (non-hydrogen) atoms. The summed E-state index contributed by atoms with van der Waals surface area (Å²) in [4.78, 5) is 4.80. The number of fused-ring (bicyclic) bond motifs is 1. The molecule has 1 unspecified atom stereocenters. The van der Waals surface area contributed by atoms with E-state index in [0.717, 1.165) is 18.7 Å². The van der Waals surface area contributed by atoms with Gasteiger partial charge in [-0.15, -0.1) is 0 Å². The molecular weight excluding hydrogens is 236 g/mol. The van der Waals surface area contributed by atoms with Crippen LogP contribution in [0.15, 0.2) is 30.5 Å². The molecule has 0 saturated carbocycles. The van der Waals surface area contributed by atoms with E-state index in [9.17, 15) is 0 Å². The van der Waals surface area contributed by atoms with Crippen LogP contribution in [-0.2, 0) is 13.0 Å². The molecule has 1 atom stereocenters. The minimum absolute atomic E-state index is 0.596. The monoisotopic (exact) mass is 256 g/mol. The molecule has 3 heteroatoms. The predicted octanol–water partition coefficient (Wildman–Crippen LogP) is 3.38. The van der Waals surface area contributed by atoms with Crippen molar-refractivity contribution >= 4 is 0 Å². The number of hydrogen-bond acceptors (Lipinski definition) is 2. The van der Waals surface area contributed by atoms with Gasteiger partial charge in [0, 0.05) is 25.1 Å². The minimum atomic E-state index is 0.596. The minimum Gasteiger partial charge on any atom is -0.497 e. The molecule has 0 saturated heterocycles. The third-order valence-electron chi connectivity index (χ3n) is 3.88. The fourth-order valence-corrected chi connectivity index (χ4v) is 2.79. The number of methoxy groups -OCH3 is 1. The van der Waals surface area contributed by atoms with Crippen LogP contribution in [0.25, 0.3) is 0 Å². The van der Waals surface area contributed by atoms with Crippen LogP contribution in [0.4, 0.5) is 0 Å². The Morgan fingerprint density at radius 1 is 1.32 bits per heavy atom. The fraction of sp³-hybridized carbons (Fsp3) is 0.438. The van der Waals surface area contributed by atoms with Crippen molar-refractivity contribution in [1.82, 2.24) is 9.55 Å². The summed E-state index contributed by atoms with van der Waals surface area (Å²) >= 11 is 0. The molecular formula is C16H20N2O. The lowest BCUT2D eigenvalue weighted by Gasteiger charge is -2.19. The summed E-state index contributed by atoms with van der Waals surface area (Å²) in [6.45, 7) is 3.39. The molecule has 1 aromatic carbocycles. The Morgan fingerprint density at radius 2 is 2.11 bits per heavy atom. The first kappa shape index (κ1) is 12.3. The first-order valence-corrected chi connectivity index (χ1v) is 6.95. The average molecular weight is 256 g/mol. The predicted molar refractivity (Wildman–Crippen MR) is 75.7 cm³/mol. The van der Waals surface area contributed by atoms with Crippen molar-refractivity contribution in [3.8, 4) is 5.75 Å². The number of benzene rings is 1. The van der Waals surface area contributed by atoms with E-state index < -0.39 is 0 Å². The molecule has 1 aliphatic rings. The summed E-state index contributed by atoms with van der Waals surface area (Å²) < 4.78 is 7.51. The lowest BCUT2D eigenvalue weighted by molar-refractivity contribution is 0.414. The van der Waals surface area contributed by atoms with Crippen LogP contribution in [0.1, 0.15) is 42.8 Å². The van der Waals surface area contributed by atoms with E-state index >= 15 is 0 Å². The van der Waals surface area contributed by atoms with Gasteiger partial charge in [-0.3, -0.25) is 0 Å². The van der Waals surface area contributed by atoms with Crippen molar-refractivity contribution in [3.63, 3.8) is 0 Å². The molecule has 0 bridgehead atoms. The van der Waals surface area contributed by atoms with E-state index in [1.807, 2.05) is 12.1 Å². The van der Waals surface area contributed by atoms with Crippen LogP contribution < -0.4 is 4.74 Å². The van der Waals surface area contributed by atoms with E-state index in [1.54, 1.807) is 7.11 Å². The van der Waals surface area contributed by atoms with Gasteiger partial charge in [-0.2, -0.15) is 0 Å². The Kier molecular flexibility index (Phi) is 3.28. The quantitative estimate of drug-likeness (QED) is 0.841. The molecule has 0 spiro atoms. The van der Waals surface area contributed by atoms with Gasteiger partial charge in [0.2, 0.25) is 0 Å². The highest BCUT2D eigenvalue weighted by Gasteiger charge is 2.18. The summed E-state index contributed by atoms with van der Waals surface area (Å²) in [6, 6.07) is 8.24. The molecule has 2 heterocycles. The number of aromatic nitrogens is 2. The zero-order valence-corrected chi connectivity index (χ0v) is 11.6. The topological polar surface area (TPSA) is 27.1 Å². The molecule has 3 rings (SSSR count). The van der Waals surface area contributed by atoms with Crippen LogP contribution in [0.2, 0.25) is 0 Å². The standard InChI is InChI=1S/C16H20N2O/c1-12-4-3-9-18-11-14(17-16(12)18)10-13-5-7-15(19-2)8-6-13/h5-8,11-12H,3-4,9-10H2,1-2H3. The maximum Gasteiger partial charge on any atom is 0.118 e. The SMILES string of the molecule is COc1ccc(Cc2cn3c(n2)C(C)CCC3)cc1. The van der Waals surface area contributed by atoms with Crippen LogP contribution in [0.3, 0.4) is 0 Å². The number of nitrogens with zero attached hydrogens (tertiary/aromatic N) is 2. The second kappa shape index (κ2) is 5.08. The van der Waals surface area contributed by atoms with Crippen molar-refractivity contribution < 1.29 is 4.74 Å². The summed E-state index contributed by atoms with van der Waals surface area (Å²) in [6.07, 6.45) is 5.65. The van der Waals surface area contributed by atoms with Crippen LogP contribution in [0.5, 0.6) is 5.75 Å². The molecule has 3 nitrogen and oxygen atoms in total. The molecule has 0 aliphatic carbocycles. The second-order valence-corrected chi connectivity index (χ2v) is 5.35. The molecule has 2 aromatic rings. The molecule has 0 radical (unpaired) electrons. The molecule has 0 N–H and O–H groups in total. The summed E-state index contributed by atoms with van der Waals surface area (Å²) in [5.41, 5.74) is 2.46. The molecule has 0 amide bonds. The maximum absolute atomic E-state index is 5.18. The molecule has 100 valence electrons. The smallest absolute Gasteiger partial charge is 0.118 e. The van der Waals surface area contributed by atoms with E-state index in [4.69, 9.17) is 9.72 Å². The van der Waals surface area contributed by atoms with E-state index in [1.165, 1.54) is 29.9 Å². The lowest BCUT2D eigenvalue weighted by Crippen LogP contribution is -2.12. The third-order valence-corrected chi connectivity index (χ3v) is 3.88. The molecule has 1 aliphatic heterocycles. The van der Waals surface area contributed by atoms with Gasteiger partial charge in [-0.25, -0.2) is 4.98 Å². The van der Waals surface area contributed by atoms with E-state index in [-0.39, 0.29) is 0 Å². The molecule has 1 aromatic heterocycles. The second-order valence-electron chi connectivity index (χ2n) is 5.35. The van der Waals surface area contributed by atoms with Crippen molar-refractivity contribution in [3.05, 3.63) is 47.5 Å². The largest absolute Gasteiger partial charge is 0.497 e. The first-order valence-electron chi connectivity index (χ1n) is 6.95. The summed E-state index contributed by atoms with van der Waals surface area (Å²) in [7, 11) is 1.69. The summed E-state index contributed by atoms with van der Waals surface area (Å²) in [5.74, 6) is 2.76. The van der Waals surface area contributed by atoms with E-state index in [2.05, 4.69) is 29.8 Å². The number of aryl methyl sites for hydroxylation is 1. The van der Waals surface area contributed by atoms with Gasteiger partial charge in [0.1, 0.15) is 11.6 Å². The van der Waals surface area contributed by atoms with Gasteiger partial charge in [0.05, 0.1) is 12.8 Å². The zero-order valence-electron chi connectivity index (χ0n) is 11.6. The Morgan fingerprint density at radius 3 is 2.79 bits per heavy atom. The Hall–Kier alpha value is -1.77. The Bertz CT molecular complexity index is 557. The molecule has 0 fully saturated rings. The highest BCUT2D eigenvalue weighted by molar-refractivity contribution is 5.29. The van der Waals surface area contributed by atoms with Gasteiger partial charge in [-0.1, -0.05) is 19.1 Å². The number of hydrogen-bond donors (Lipinski definition) is 0. The van der Waals surface area contributed by atoms with Crippen LogP contribution in [-0.4, -0.2) is 16.7 Å². The summed E-state index contributed by atoms with van der Waals surface area (Å²) in [5, 5.41) is 0. The Labute approximate surface area is 114 Å². The number of ether oxygens (including phenoxy) is 1. The van der Waals surface area contributed by atoms with E-state index in [0.29, 0.717) is 5.92 Å². The van der Waals surface area contributed by atoms with Crippen molar-refractivity contribution in [2.24, 2.45) is 0 Å². The normalized spacial score (nSPS) is 18.1. The maximum atomic E-state index is 5.18. The van der Waals surface area contributed by atoms with Crippen LogP contribution >= 0.6 is 0 Å². The van der Waals surface area contributed by atoms with Gasteiger partial charge >= 0.3 is 0 Å². The fourth-order valence-electron chi connectivity index (χ4n) is 2.79. The Balaban J connectivity index is 1.79. The average Bonchev–Trinajstić information content (AvgIpc) is 2.84. The van der Waals surface area contributed by atoms with Crippen molar-refractivity contribution in [2.75, 3.05) is 7.11 Å².